The van der Waals surface area contributed by atoms with Gasteiger partial charge < -0.3 is 5.32 Å². The maximum Gasteiger partial charge on any atom is 0.255 e. The van der Waals surface area contributed by atoms with Crippen LogP contribution in [0.2, 0.25) is 0 Å². The van der Waals surface area contributed by atoms with Crippen molar-refractivity contribution in [2.24, 2.45) is 0 Å². The summed E-state index contributed by atoms with van der Waals surface area (Å²) in [4.78, 5) is 12.2. The van der Waals surface area contributed by atoms with Gasteiger partial charge in [0, 0.05) is 29.7 Å². The first-order valence-corrected chi connectivity index (χ1v) is 6.94. The van der Waals surface area contributed by atoms with Crippen LogP contribution in [-0.2, 0) is 6.54 Å². The van der Waals surface area contributed by atoms with E-state index < -0.39 is 17.5 Å². The molecule has 116 valence electrons. The number of anilines is 1. The van der Waals surface area contributed by atoms with Crippen LogP contribution in [0.15, 0.2) is 60.9 Å². The lowest BCUT2D eigenvalue weighted by Gasteiger charge is -2.11. The van der Waals surface area contributed by atoms with Crippen LogP contribution in [0.25, 0.3) is 0 Å². The van der Waals surface area contributed by atoms with Gasteiger partial charge in [-0.25, -0.2) is 8.78 Å². The third-order valence-electron chi connectivity index (χ3n) is 3.28. The molecule has 1 aromatic heterocycles. The molecule has 0 fully saturated rings. The van der Waals surface area contributed by atoms with Crippen LogP contribution >= 0.6 is 0 Å². The Balaban J connectivity index is 1.83. The number of nitrogens with zero attached hydrogens (tertiary/aromatic N) is 2. The number of para-hydroxylation sites is 1. The fourth-order valence-corrected chi connectivity index (χ4v) is 2.23. The predicted molar refractivity (Wildman–Crippen MR) is 82.1 cm³/mol. The summed E-state index contributed by atoms with van der Waals surface area (Å²) in [6, 6.07) is 11.7. The fourth-order valence-electron chi connectivity index (χ4n) is 2.23. The molecule has 0 unspecified atom stereocenters. The summed E-state index contributed by atoms with van der Waals surface area (Å²) in [6.07, 6.45) is 3.47. The number of aromatic nitrogens is 2. The summed E-state index contributed by atoms with van der Waals surface area (Å²) in [5.74, 6) is -2.16. The molecule has 1 heterocycles. The Labute approximate surface area is 131 Å². The van der Waals surface area contributed by atoms with Crippen molar-refractivity contribution in [3.63, 3.8) is 0 Å². The van der Waals surface area contributed by atoms with Crippen LogP contribution in [0, 0.1) is 11.6 Å². The summed E-state index contributed by atoms with van der Waals surface area (Å²) in [5.41, 5.74) is 1.33. The molecule has 2 aromatic carbocycles. The van der Waals surface area contributed by atoms with Gasteiger partial charge in [-0.15, -0.1) is 0 Å². The molecule has 0 saturated carbocycles. The van der Waals surface area contributed by atoms with E-state index in [2.05, 4.69) is 10.4 Å². The normalized spacial score (nSPS) is 10.5. The minimum Gasteiger partial charge on any atom is -0.322 e. The van der Waals surface area contributed by atoms with Gasteiger partial charge in [0.05, 0.1) is 6.54 Å². The molecule has 6 heteroatoms. The van der Waals surface area contributed by atoms with Crippen LogP contribution in [-0.4, -0.2) is 15.7 Å². The zero-order chi connectivity index (χ0) is 16.2. The zero-order valence-corrected chi connectivity index (χ0v) is 12.0. The molecule has 3 aromatic rings. The average Bonchev–Trinajstić information content (AvgIpc) is 3.01. The van der Waals surface area contributed by atoms with Crippen LogP contribution in [0.3, 0.4) is 0 Å². The van der Waals surface area contributed by atoms with Crippen molar-refractivity contribution in [1.29, 1.82) is 0 Å². The van der Waals surface area contributed by atoms with Crippen molar-refractivity contribution in [3.8, 4) is 0 Å². The lowest BCUT2D eigenvalue weighted by molar-refractivity contribution is 0.102. The van der Waals surface area contributed by atoms with Crippen LogP contribution < -0.4 is 5.32 Å². The molecule has 0 saturated heterocycles. The SMILES string of the molecule is O=C(Nc1ccccc1Cn1cccn1)c1cc(F)cc(F)c1. The van der Waals surface area contributed by atoms with Gasteiger partial charge in [0.1, 0.15) is 11.6 Å². The highest BCUT2D eigenvalue weighted by molar-refractivity contribution is 6.04. The molecule has 0 aliphatic rings. The van der Waals surface area contributed by atoms with E-state index in [-0.39, 0.29) is 5.56 Å². The van der Waals surface area contributed by atoms with E-state index in [1.807, 2.05) is 12.1 Å². The number of hydrogen-bond donors (Lipinski definition) is 1. The number of benzene rings is 2. The second-order valence-corrected chi connectivity index (χ2v) is 4.97. The molecule has 0 bridgehead atoms. The number of nitrogens with one attached hydrogen (secondary N) is 1. The highest BCUT2D eigenvalue weighted by Crippen LogP contribution is 2.18. The van der Waals surface area contributed by atoms with Gasteiger partial charge in [0.15, 0.2) is 0 Å². The number of carbonyl (C=O) groups excluding carboxylic acids is 1. The van der Waals surface area contributed by atoms with Crippen molar-refractivity contribution in [2.45, 2.75) is 6.54 Å². The van der Waals surface area contributed by atoms with Crippen molar-refractivity contribution < 1.29 is 13.6 Å². The second-order valence-electron chi connectivity index (χ2n) is 4.97. The van der Waals surface area contributed by atoms with E-state index >= 15 is 0 Å². The smallest absolute Gasteiger partial charge is 0.255 e. The maximum absolute atomic E-state index is 13.2. The summed E-state index contributed by atoms with van der Waals surface area (Å²) in [5, 5.41) is 6.80. The highest BCUT2D eigenvalue weighted by Gasteiger charge is 2.11. The summed E-state index contributed by atoms with van der Waals surface area (Å²) < 4.78 is 28.2. The molecule has 1 N–H and O–H groups in total. The van der Waals surface area contributed by atoms with Crippen molar-refractivity contribution in [3.05, 3.63) is 83.7 Å². The van der Waals surface area contributed by atoms with Gasteiger partial charge in [-0.05, 0) is 29.8 Å². The topological polar surface area (TPSA) is 46.9 Å². The van der Waals surface area contributed by atoms with E-state index in [0.29, 0.717) is 12.2 Å². The Morgan fingerprint density at radius 2 is 1.83 bits per heavy atom. The summed E-state index contributed by atoms with van der Waals surface area (Å²) in [6.45, 7) is 0.473. The van der Waals surface area contributed by atoms with Gasteiger partial charge in [-0.2, -0.15) is 5.10 Å². The highest BCUT2D eigenvalue weighted by atomic mass is 19.1. The minimum atomic E-state index is -0.792. The monoisotopic (exact) mass is 313 g/mol. The number of carbonyl (C=O) groups is 1. The Kier molecular flexibility index (Phi) is 4.14. The Hall–Kier alpha value is -3.02. The third-order valence-corrected chi connectivity index (χ3v) is 3.28. The van der Waals surface area contributed by atoms with E-state index in [1.54, 1.807) is 35.3 Å². The molecule has 1 amide bonds. The first-order chi connectivity index (χ1) is 11.1. The third kappa shape index (κ3) is 3.60. The van der Waals surface area contributed by atoms with Crippen LogP contribution in [0.4, 0.5) is 14.5 Å². The second kappa shape index (κ2) is 6.39. The Morgan fingerprint density at radius 3 is 2.52 bits per heavy atom. The molecule has 0 radical (unpaired) electrons. The van der Waals surface area contributed by atoms with Gasteiger partial charge in [0.2, 0.25) is 0 Å². The number of rotatable bonds is 4. The molecular formula is C17H13F2N3O. The quantitative estimate of drug-likeness (QED) is 0.802. The molecule has 4 nitrogen and oxygen atoms in total. The standard InChI is InChI=1S/C17H13F2N3O/c18-14-8-13(9-15(19)10-14)17(23)21-16-5-2-1-4-12(16)11-22-7-3-6-20-22/h1-10H,11H2,(H,21,23). The van der Waals surface area contributed by atoms with Crippen LogP contribution in [0.5, 0.6) is 0 Å². The zero-order valence-electron chi connectivity index (χ0n) is 12.0. The number of halogens is 2. The Bertz CT molecular complexity index is 811. The number of amides is 1. The van der Waals surface area contributed by atoms with E-state index in [9.17, 15) is 13.6 Å². The van der Waals surface area contributed by atoms with Gasteiger partial charge in [0.25, 0.3) is 5.91 Å². The molecular weight excluding hydrogens is 300 g/mol. The fraction of sp³-hybridized carbons (Fsp3) is 0.0588. The minimum absolute atomic E-state index is 0.0728. The van der Waals surface area contributed by atoms with Gasteiger partial charge >= 0.3 is 0 Å². The molecule has 0 atom stereocenters. The van der Waals surface area contributed by atoms with Crippen molar-refractivity contribution in [2.75, 3.05) is 5.32 Å². The summed E-state index contributed by atoms with van der Waals surface area (Å²) in [7, 11) is 0. The Morgan fingerprint density at radius 1 is 1.09 bits per heavy atom. The van der Waals surface area contributed by atoms with E-state index in [1.165, 1.54) is 0 Å². The van der Waals surface area contributed by atoms with Gasteiger partial charge in [-0.1, -0.05) is 18.2 Å². The van der Waals surface area contributed by atoms with Gasteiger partial charge in [-0.3, -0.25) is 9.48 Å². The molecule has 0 spiro atoms. The first-order valence-electron chi connectivity index (χ1n) is 6.94. The summed E-state index contributed by atoms with van der Waals surface area (Å²) >= 11 is 0. The molecule has 0 aliphatic carbocycles. The predicted octanol–water partition coefficient (Wildman–Crippen LogP) is 3.46. The first kappa shape index (κ1) is 14.9. The largest absolute Gasteiger partial charge is 0.322 e. The maximum atomic E-state index is 13.2. The van der Waals surface area contributed by atoms with Crippen molar-refractivity contribution in [1.82, 2.24) is 9.78 Å². The number of hydrogen-bond acceptors (Lipinski definition) is 2. The van der Waals surface area contributed by atoms with Crippen molar-refractivity contribution >= 4 is 11.6 Å². The molecule has 3 rings (SSSR count). The average molecular weight is 313 g/mol. The van der Waals surface area contributed by atoms with E-state index in [0.717, 1.165) is 23.8 Å². The molecule has 0 aliphatic heterocycles. The lowest BCUT2D eigenvalue weighted by Crippen LogP contribution is -2.15. The van der Waals surface area contributed by atoms with Crippen LogP contribution in [0.1, 0.15) is 15.9 Å². The molecule has 23 heavy (non-hydrogen) atoms. The lowest BCUT2D eigenvalue weighted by atomic mass is 10.1. The van der Waals surface area contributed by atoms with E-state index in [4.69, 9.17) is 0 Å².